The zero-order chi connectivity index (χ0) is 7.40. The minimum Gasteiger partial charge on any atom is -0.328 e. The zero-order valence-corrected chi connectivity index (χ0v) is 5.99. The third kappa shape index (κ3) is 1.99. The molecule has 1 radical (unpaired) electrons. The first kappa shape index (κ1) is 7.54. The standard InChI is InChI=1S/C7H13N2O/c8-6-1-3-7(4-2-6)9-5-10/h5-7H,1-4,8H2. The van der Waals surface area contributed by atoms with Crippen LogP contribution < -0.4 is 11.1 Å². The number of carbonyl (C=O) groups excluding carboxylic acids is 1. The summed E-state index contributed by atoms with van der Waals surface area (Å²) in [5.41, 5.74) is 5.66. The molecule has 57 valence electrons. The Bertz CT molecular complexity index is 108. The molecule has 0 aromatic carbocycles. The van der Waals surface area contributed by atoms with Crippen molar-refractivity contribution in [1.82, 2.24) is 5.32 Å². The summed E-state index contributed by atoms with van der Waals surface area (Å²) in [4.78, 5) is 9.96. The van der Waals surface area contributed by atoms with Crippen molar-refractivity contribution >= 4 is 6.41 Å². The Kier molecular flexibility index (Phi) is 2.68. The molecule has 0 aromatic rings. The summed E-state index contributed by atoms with van der Waals surface area (Å²) < 4.78 is 0. The molecule has 1 amide bonds. The van der Waals surface area contributed by atoms with Crippen molar-refractivity contribution in [3.63, 3.8) is 0 Å². The minimum absolute atomic E-state index is 0.261. The molecule has 0 aliphatic heterocycles. The maximum Gasteiger partial charge on any atom is 0.228 e. The predicted molar refractivity (Wildman–Crippen MR) is 38.4 cm³/mol. The molecular weight excluding hydrogens is 128 g/mol. The second-order valence-electron chi connectivity index (χ2n) is 2.82. The lowest BCUT2D eigenvalue weighted by molar-refractivity contribution is -0.110. The fourth-order valence-electron chi connectivity index (χ4n) is 1.34. The molecule has 1 rings (SSSR count). The third-order valence-corrected chi connectivity index (χ3v) is 2.01. The Balaban J connectivity index is 2.19. The van der Waals surface area contributed by atoms with E-state index >= 15 is 0 Å². The van der Waals surface area contributed by atoms with E-state index in [1.807, 2.05) is 0 Å². The average molecular weight is 141 g/mol. The van der Waals surface area contributed by atoms with E-state index in [0.29, 0.717) is 12.5 Å². The summed E-state index contributed by atoms with van der Waals surface area (Å²) in [5.74, 6) is 0. The molecule has 0 heterocycles. The number of rotatable bonds is 2. The van der Waals surface area contributed by atoms with Crippen LogP contribution in [0.2, 0.25) is 0 Å². The second-order valence-corrected chi connectivity index (χ2v) is 2.82. The molecule has 0 saturated heterocycles. The highest BCUT2D eigenvalue weighted by Gasteiger charge is 2.18. The van der Waals surface area contributed by atoms with Crippen LogP contribution in [0.4, 0.5) is 0 Å². The van der Waals surface area contributed by atoms with Gasteiger partial charge in [0.1, 0.15) is 0 Å². The molecule has 0 unspecified atom stereocenters. The van der Waals surface area contributed by atoms with Crippen molar-refractivity contribution in [2.24, 2.45) is 5.73 Å². The van der Waals surface area contributed by atoms with Crippen LogP contribution in [0.15, 0.2) is 0 Å². The summed E-state index contributed by atoms with van der Waals surface area (Å²) in [6, 6.07) is 0.607. The van der Waals surface area contributed by atoms with Gasteiger partial charge in [-0.1, -0.05) is 0 Å². The number of carbonyl (C=O) groups is 1. The highest BCUT2D eigenvalue weighted by molar-refractivity contribution is 5.46. The maximum atomic E-state index is 9.96. The third-order valence-electron chi connectivity index (χ3n) is 2.01. The van der Waals surface area contributed by atoms with Crippen LogP contribution in [0.25, 0.3) is 0 Å². The molecule has 3 heteroatoms. The van der Waals surface area contributed by atoms with Gasteiger partial charge >= 0.3 is 0 Å². The number of nitrogens with zero attached hydrogens (tertiary/aromatic N) is 1. The lowest BCUT2D eigenvalue weighted by Crippen LogP contribution is -2.33. The van der Waals surface area contributed by atoms with Crippen LogP contribution >= 0.6 is 0 Å². The van der Waals surface area contributed by atoms with Crippen molar-refractivity contribution in [1.29, 1.82) is 0 Å². The number of hydrogen-bond donors (Lipinski definition) is 1. The monoisotopic (exact) mass is 141 g/mol. The predicted octanol–water partition coefficient (Wildman–Crippen LogP) is 0.0171. The Morgan fingerprint density at radius 3 is 2.40 bits per heavy atom. The highest BCUT2D eigenvalue weighted by atomic mass is 16.1. The van der Waals surface area contributed by atoms with E-state index in [4.69, 9.17) is 5.73 Å². The van der Waals surface area contributed by atoms with Gasteiger partial charge in [-0.15, -0.1) is 0 Å². The Morgan fingerprint density at radius 2 is 1.90 bits per heavy atom. The topological polar surface area (TPSA) is 57.2 Å². The van der Waals surface area contributed by atoms with E-state index < -0.39 is 0 Å². The molecule has 1 fully saturated rings. The summed E-state index contributed by atoms with van der Waals surface area (Å²) in [6.07, 6.45) is 4.66. The van der Waals surface area contributed by atoms with Crippen LogP contribution in [0.3, 0.4) is 0 Å². The van der Waals surface area contributed by atoms with Crippen LogP contribution in [0, 0.1) is 0 Å². The van der Waals surface area contributed by atoms with Gasteiger partial charge in [0.2, 0.25) is 6.41 Å². The van der Waals surface area contributed by atoms with Crippen molar-refractivity contribution in [3.05, 3.63) is 0 Å². The zero-order valence-electron chi connectivity index (χ0n) is 5.99. The molecule has 0 spiro atoms. The first-order valence-electron chi connectivity index (χ1n) is 3.72. The molecule has 10 heavy (non-hydrogen) atoms. The van der Waals surface area contributed by atoms with Gasteiger partial charge in [-0.2, -0.15) is 0 Å². The van der Waals surface area contributed by atoms with Crippen LogP contribution in [0.1, 0.15) is 25.7 Å². The molecule has 0 bridgehead atoms. The van der Waals surface area contributed by atoms with Crippen LogP contribution in [-0.2, 0) is 4.79 Å². The van der Waals surface area contributed by atoms with Crippen LogP contribution in [0.5, 0.6) is 0 Å². The van der Waals surface area contributed by atoms with E-state index in [1.165, 1.54) is 0 Å². The minimum atomic E-state index is 0.261. The molecule has 1 aliphatic carbocycles. The Labute approximate surface area is 61.0 Å². The quantitative estimate of drug-likeness (QED) is 0.551. The lowest BCUT2D eigenvalue weighted by atomic mass is 9.92. The second kappa shape index (κ2) is 3.56. The first-order chi connectivity index (χ1) is 4.83. The lowest BCUT2D eigenvalue weighted by Gasteiger charge is -2.23. The molecule has 0 aromatic heterocycles. The largest absolute Gasteiger partial charge is 0.328 e. The highest BCUT2D eigenvalue weighted by Crippen LogP contribution is 2.16. The van der Waals surface area contributed by atoms with E-state index in [-0.39, 0.29) is 6.04 Å². The van der Waals surface area contributed by atoms with Crippen molar-refractivity contribution < 1.29 is 4.79 Å². The normalized spacial score (nSPS) is 33.3. The van der Waals surface area contributed by atoms with Gasteiger partial charge in [0.15, 0.2) is 0 Å². The van der Waals surface area contributed by atoms with Gasteiger partial charge < -0.3 is 5.73 Å². The summed E-state index contributed by atoms with van der Waals surface area (Å²) >= 11 is 0. The van der Waals surface area contributed by atoms with Crippen molar-refractivity contribution in [2.45, 2.75) is 37.8 Å². The summed E-state index contributed by atoms with van der Waals surface area (Å²) in [6.45, 7) is 0. The Morgan fingerprint density at radius 1 is 1.30 bits per heavy atom. The van der Waals surface area contributed by atoms with E-state index in [1.54, 1.807) is 0 Å². The van der Waals surface area contributed by atoms with Gasteiger partial charge in [-0.3, -0.25) is 10.1 Å². The number of nitrogens with two attached hydrogens (primary N) is 1. The maximum absolute atomic E-state index is 9.96. The van der Waals surface area contributed by atoms with Gasteiger partial charge in [-0.05, 0) is 25.7 Å². The molecule has 0 atom stereocenters. The van der Waals surface area contributed by atoms with E-state index in [2.05, 4.69) is 5.32 Å². The smallest absolute Gasteiger partial charge is 0.228 e. The van der Waals surface area contributed by atoms with E-state index in [0.717, 1.165) is 25.7 Å². The van der Waals surface area contributed by atoms with Crippen LogP contribution in [-0.4, -0.2) is 18.5 Å². The summed E-state index contributed by atoms with van der Waals surface area (Å²) in [7, 11) is 0. The fraction of sp³-hybridized carbons (Fsp3) is 0.857. The molecule has 1 saturated carbocycles. The Hall–Kier alpha value is -0.570. The average Bonchev–Trinajstić information content (AvgIpc) is 1.95. The van der Waals surface area contributed by atoms with Crippen molar-refractivity contribution in [2.75, 3.05) is 0 Å². The molecule has 1 aliphatic rings. The molecule has 2 N–H and O–H groups in total. The SMILES string of the molecule is NC1CCC([N]C=O)CC1. The van der Waals surface area contributed by atoms with E-state index in [9.17, 15) is 4.79 Å². The molecular formula is C7H13N2O. The van der Waals surface area contributed by atoms with Gasteiger partial charge in [0.25, 0.3) is 0 Å². The molecule has 3 nitrogen and oxygen atoms in total. The van der Waals surface area contributed by atoms with Gasteiger partial charge in [0, 0.05) is 6.04 Å². The summed E-state index contributed by atoms with van der Waals surface area (Å²) in [5, 5.41) is 3.78. The van der Waals surface area contributed by atoms with Gasteiger partial charge in [-0.25, -0.2) is 0 Å². The number of amides is 1. The first-order valence-corrected chi connectivity index (χ1v) is 3.72. The number of hydrogen-bond acceptors (Lipinski definition) is 2. The fourth-order valence-corrected chi connectivity index (χ4v) is 1.34. The van der Waals surface area contributed by atoms with Gasteiger partial charge in [0.05, 0.1) is 6.04 Å². The van der Waals surface area contributed by atoms with Crippen molar-refractivity contribution in [3.8, 4) is 0 Å².